The highest BCUT2D eigenvalue weighted by Gasteiger charge is 2.01. The van der Waals surface area contributed by atoms with Crippen LogP contribution in [-0.4, -0.2) is 15.2 Å². The van der Waals surface area contributed by atoms with Gasteiger partial charge in [0.25, 0.3) is 0 Å². The molecular formula is C9H5ClFN3. The summed E-state index contributed by atoms with van der Waals surface area (Å²) in [5.74, 6) is -0.403. The molecule has 0 unspecified atom stereocenters. The van der Waals surface area contributed by atoms with Gasteiger partial charge in [-0.05, 0) is 18.2 Å². The third-order valence-corrected chi connectivity index (χ3v) is 1.83. The Morgan fingerprint density at radius 3 is 2.64 bits per heavy atom. The second kappa shape index (κ2) is 3.67. The summed E-state index contributed by atoms with van der Waals surface area (Å²) in [6, 6.07) is 4.59. The maximum absolute atomic E-state index is 12.8. The Hall–Kier alpha value is -1.55. The summed E-state index contributed by atoms with van der Waals surface area (Å²) in [5, 5.41) is 7.76. The van der Waals surface area contributed by atoms with Crippen molar-refractivity contribution >= 4 is 11.6 Å². The van der Waals surface area contributed by atoms with E-state index in [0.29, 0.717) is 16.4 Å². The fraction of sp³-hybridized carbons (Fsp3) is 0. The van der Waals surface area contributed by atoms with Gasteiger partial charge >= 0.3 is 0 Å². The van der Waals surface area contributed by atoms with Crippen molar-refractivity contribution in [3.8, 4) is 11.3 Å². The SMILES string of the molecule is Fc1cncc(-c2ccc(Cl)nn2)c1. The lowest BCUT2D eigenvalue weighted by molar-refractivity contribution is 0.622. The minimum Gasteiger partial charge on any atom is -0.261 e. The summed E-state index contributed by atoms with van der Waals surface area (Å²) in [5.41, 5.74) is 1.12. The van der Waals surface area contributed by atoms with E-state index in [1.165, 1.54) is 12.3 Å². The zero-order chi connectivity index (χ0) is 9.97. The minimum absolute atomic E-state index is 0.304. The molecule has 3 nitrogen and oxygen atoms in total. The molecule has 0 amide bonds. The second-order valence-electron chi connectivity index (χ2n) is 2.63. The summed E-state index contributed by atoms with van der Waals surface area (Å²) >= 11 is 5.57. The van der Waals surface area contributed by atoms with Crippen LogP contribution in [0.3, 0.4) is 0 Å². The fourth-order valence-corrected chi connectivity index (χ4v) is 1.12. The zero-order valence-corrected chi connectivity index (χ0v) is 7.74. The molecule has 0 aromatic carbocycles. The second-order valence-corrected chi connectivity index (χ2v) is 3.02. The Balaban J connectivity index is 2.44. The molecule has 2 rings (SSSR count). The van der Waals surface area contributed by atoms with Gasteiger partial charge in [-0.3, -0.25) is 4.98 Å². The largest absolute Gasteiger partial charge is 0.261 e. The van der Waals surface area contributed by atoms with Crippen LogP contribution in [0.5, 0.6) is 0 Å². The number of aromatic nitrogens is 3. The molecule has 2 heterocycles. The first-order chi connectivity index (χ1) is 6.75. The number of halogens is 2. The molecule has 0 fully saturated rings. The van der Waals surface area contributed by atoms with Crippen LogP contribution < -0.4 is 0 Å². The van der Waals surface area contributed by atoms with Crippen LogP contribution in [0.4, 0.5) is 4.39 Å². The van der Waals surface area contributed by atoms with Crippen LogP contribution >= 0.6 is 11.6 Å². The van der Waals surface area contributed by atoms with Crippen LogP contribution in [0.25, 0.3) is 11.3 Å². The highest BCUT2D eigenvalue weighted by molar-refractivity contribution is 6.29. The van der Waals surface area contributed by atoms with Crippen molar-refractivity contribution in [2.24, 2.45) is 0 Å². The number of rotatable bonds is 1. The van der Waals surface area contributed by atoms with Crippen LogP contribution in [-0.2, 0) is 0 Å². The Morgan fingerprint density at radius 1 is 1.14 bits per heavy atom. The van der Waals surface area contributed by atoms with E-state index in [9.17, 15) is 4.39 Å². The molecule has 5 heteroatoms. The summed E-state index contributed by atoms with van der Waals surface area (Å²) in [4.78, 5) is 3.71. The molecule has 14 heavy (non-hydrogen) atoms. The number of hydrogen-bond donors (Lipinski definition) is 0. The highest BCUT2D eigenvalue weighted by Crippen LogP contribution is 2.16. The molecule has 0 spiro atoms. The lowest BCUT2D eigenvalue weighted by Crippen LogP contribution is -1.89. The normalized spacial score (nSPS) is 10.1. The van der Waals surface area contributed by atoms with Gasteiger partial charge in [0.1, 0.15) is 5.82 Å². The molecule has 0 saturated heterocycles. The molecular weight excluding hydrogens is 205 g/mol. The molecule has 2 aromatic rings. The Labute approximate surface area is 84.6 Å². The van der Waals surface area contributed by atoms with Crippen molar-refractivity contribution in [2.75, 3.05) is 0 Å². The maximum atomic E-state index is 12.8. The standard InChI is InChI=1S/C9H5ClFN3/c10-9-2-1-8(13-14-9)6-3-7(11)5-12-4-6/h1-5H. The third-order valence-electron chi connectivity index (χ3n) is 1.63. The van der Waals surface area contributed by atoms with E-state index in [2.05, 4.69) is 15.2 Å². The van der Waals surface area contributed by atoms with E-state index < -0.39 is 5.82 Å². The van der Waals surface area contributed by atoms with Crippen LogP contribution in [0.1, 0.15) is 0 Å². The van der Waals surface area contributed by atoms with Gasteiger partial charge in [-0.15, -0.1) is 10.2 Å². The molecule has 0 radical (unpaired) electrons. The highest BCUT2D eigenvalue weighted by atomic mass is 35.5. The van der Waals surface area contributed by atoms with Crippen LogP contribution in [0.2, 0.25) is 5.15 Å². The fourth-order valence-electron chi connectivity index (χ4n) is 1.02. The van der Waals surface area contributed by atoms with E-state index in [4.69, 9.17) is 11.6 Å². The van der Waals surface area contributed by atoms with E-state index in [1.807, 2.05) is 0 Å². The average molecular weight is 210 g/mol. The lowest BCUT2D eigenvalue weighted by Gasteiger charge is -1.98. The molecule has 0 bridgehead atoms. The molecule has 2 aromatic heterocycles. The maximum Gasteiger partial charge on any atom is 0.151 e. The van der Waals surface area contributed by atoms with Crippen molar-refractivity contribution in [2.45, 2.75) is 0 Å². The first-order valence-electron chi connectivity index (χ1n) is 3.86. The quantitative estimate of drug-likeness (QED) is 0.724. The zero-order valence-electron chi connectivity index (χ0n) is 6.98. The Morgan fingerprint density at radius 2 is 2.00 bits per heavy atom. The minimum atomic E-state index is -0.403. The van der Waals surface area contributed by atoms with Crippen molar-refractivity contribution in [3.05, 3.63) is 41.6 Å². The van der Waals surface area contributed by atoms with E-state index in [0.717, 1.165) is 6.20 Å². The Bertz CT molecular complexity index is 444. The molecule has 0 aliphatic carbocycles. The monoisotopic (exact) mass is 209 g/mol. The van der Waals surface area contributed by atoms with Crippen molar-refractivity contribution in [1.82, 2.24) is 15.2 Å². The molecule has 0 aliphatic heterocycles. The molecule has 0 saturated carbocycles. The van der Waals surface area contributed by atoms with E-state index >= 15 is 0 Å². The molecule has 0 N–H and O–H groups in total. The van der Waals surface area contributed by atoms with Gasteiger partial charge in [0.15, 0.2) is 5.15 Å². The molecule has 70 valence electrons. The number of pyridine rings is 1. The lowest BCUT2D eigenvalue weighted by atomic mass is 10.2. The van der Waals surface area contributed by atoms with Gasteiger partial charge in [-0.25, -0.2) is 4.39 Å². The van der Waals surface area contributed by atoms with Crippen LogP contribution in [0, 0.1) is 5.82 Å². The van der Waals surface area contributed by atoms with Crippen molar-refractivity contribution in [3.63, 3.8) is 0 Å². The van der Waals surface area contributed by atoms with Crippen molar-refractivity contribution < 1.29 is 4.39 Å². The predicted molar refractivity (Wildman–Crippen MR) is 50.2 cm³/mol. The molecule has 0 atom stereocenters. The van der Waals surface area contributed by atoms with E-state index in [-0.39, 0.29) is 0 Å². The first-order valence-corrected chi connectivity index (χ1v) is 4.23. The topological polar surface area (TPSA) is 38.7 Å². The summed E-state index contributed by atoms with van der Waals surface area (Å²) in [7, 11) is 0. The summed E-state index contributed by atoms with van der Waals surface area (Å²) in [6.07, 6.45) is 2.65. The third kappa shape index (κ3) is 1.85. The van der Waals surface area contributed by atoms with Gasteiger partial charge in [-0.2, -0.15) is 0 Å². The first kappa shape index (κ1) is 9.02. The van der Waals surface area contributed by atoms with Crippen molar-refractivity contribution in [1.29, 1.82) is 0 Å². The van der Waals surface area contributed by atoms with Crippen LogP contribution in [0.15, 0.2) is 30.6 Å². The summed E-state index contributed by atoms with van der Waals surface area (Å²) in [6.45, 7) is 0. The van der Waals surface area contributed by atoms with E-state index in [1.54, 1.807) is 12.1 Å². The van der Waals surface area contributed by atoms with Gasteiger partial charge in [0.2, 0.25) is 0 Å². The van der Waals surface area contributed by atoms with Gasteiger partial charge in [0, 0.05) is 11.8 Å². The molecule has 0 aliphatic rings. The number of hydrogen-bond acceptors (Lipinski definition) is 3. The van der Waals surface area contributed by atoms with Gasteiger partial charge < -0.3 is 0 Å². The smallest absolute Gasteiger partial charge is 0.151 e. The van der Waals surface area contributed by atoms with Gasteiger partial charge in [0.05, 0.1) is 11.9 Å². The number of nitrogens with zero attached hydrogens (tertiary/aromatic N) is 3. The Kier molecular flexibility index (Phi) is 2.37. The average Bonchev–Trinajstić information content (AvgIpc) is 2.19. The summed E-state index contributed by atoms with van der Waals surface area (Å²) < 4.78 is 12.8. The van der Waals surface area contributed by atoms with Gasteiger partial charge in [-0.1, -0.05) is 11.6 Å². The predicted octanol–water partition coefficient (Wildman–Crippen LogP) is 2.33.